The Bertz CT molecular complexity index is 865. The first-order chi connectivity index (χ1) is 13.0. The largest absolute Gasteiger partial charge is 0.483 e. The number of para-hydroxylation sites is 1. The number of hydrogen-bond donors (Lipinski definition) is 2. The highest BCUT2D eigenvalue weighted by molar-refractivity contribution is 5.97. The number of piperidine rings is 1. The molecule has 2 aromatic rings. The van der Waals surface area contributed by atoms with Crippen LogP contribution in [0.3, 0.4) is 0 Å². The molecule has 1 atom stereocenters. The van der Waals surface area contributed by atoms with Crippen LogP contribution in [0.2, 0.25) is 0 Å². The van der Waals surface area contributed by atoms with E-state index in [1.54, 1.807) is 19.1 Å². The zero-order valence-electron chi connectivity index (χ0n) is 15.2. The van der Waals surface area contributed by atoms with Crippen molar-refractivity contribution in [1.82, 2.24) is 15.4 Å². The fourth-order valence-corrected chi connectivity index (χ4v) is 3.71. The number of carbonyl (C=O) groups excluding carboxylic acids is 2. The highest BCUT2D eigenvalue weighted by Gasteiger charge is 2.41. The summed E-state index contributed by atoms with van der Waals surface area (Å²) >= 11 is 0. The Morgan fingerprint density at radius 1 is 1.41 bits per heavy atom. The number of anilines is 1. The van der Waals surface area contributed by atoms with E-state index in [9.17, 15) is 9.59 Å². The third-order valence-corrected chi connectivity index (χ3v) is 4.91. The molecule has 1 saturated heterocycles. The van der Waals surface area contributed by atoms with Gasteiger partial charge in [-0.15, -0.1) is 0 Å². The number of nitrogens with one attached hydrogen (secondary N) is 2. The predicted molar refractivity (Wildman–Crippen MR) is 97.7 cm³/mol. The van der Waals surface area contributed by atoms with Gasteiger partial charge in [0.15, 0.2) is 5.82 Å². The van der Waals surface area contributed by atoms with E-state index in [1.165, 1.54) is 0 Å². The molecule has 0 aliphatic carbocycles. The van der Waals surface area contributed by atoms with Crippen molar-refractivity contribution in [3.63, 3.8) is 0 Å². The molecule has 2 aliphatic heterocycles. The van der Waals surface area contributed by atoms with Gasteiger partial charge in [0.05, 0.1) is 18.7 Å². The predicted octanol–water partition coefficient (Wildman–Crippen LogP) is 1.58. The fraction of sp³-hybridized carbons (Fsp3) is 0.421. The van der Waals surface area contributed by atoms with E-state index in [-0.39, 0.29) is 18.4 Å². The van der Waals surface area contributed by atoms with Crippen LogP contribution in [0, 0.1) is 6.92 Å². The number of benzene rings is 1. The van der Waals surface area contributed by atoms with Crippen molar-refractivity contribution < 1.29 is 18.8 Å². The van der Waals surface area contributed by atoms with Crippen molar-refractivity contribution in [2.45, 2.75) is 25.4 Å². The smallest absolute Gasteiger partial charge is 0.255 e. The average Bonchev–Trinajstić information content (AvgIpc) is 2.99. The Morgan fingerprint density at radius 2 is 2.26 bits per heavy atom. The minimum absolute atomic E-state index is 0.126. The minimum Gasteiger partial charge on any atom is -0.483 e. The highest BCUT2D eigenvalue weighted by atomic mass is 16.5. The third-order valence-electron chi connectivity index (χ3n) is 4.91. The molecule has 1 aromatic carbocycles. The molecule has 1 aromatic heterocycles. The van der Waals surface area contributed by atoms with Gasteiger partial charge in [0.2, 0.25) is 5.91 Å². The summed E-state index contributed by atoms with van der Waals surface area (Å²) in [6.45, 7) is 3.78. The summed E-state index contributed by atoms with van der Waals surface area (Å²) in [5.74, 6) is 1.37. The molecule has 0 radical (unpaired) electrons. The first kappa shape index (κ1) is 17.5. The summed E-state index contributed by atoms with van der Waals surface area (Å²) in [6.07, 6.45) is 1.70. The van der Waals surface area contributed by atoms with Gasteiger partial charge in [0, 0.05) is 12.6 Å². The summed E-state index contributed by atoms with van der Waals surface area (Å²) in [5, 5.41) is 9.48. The van der Waals surface area contributed by atoms with Crippen LogP contribution in [0.1, 0.15) is 29.0 Å². The molecular weight excluding hydrogens is 348 g/mol. The van der Waals surface area contributed by atoms with Gasteiger partial charge in [0.1, 0.15) is 17.1 Å². The Labute approximate surface area is 156 Å². The molecule has 142 valence electrons. The van der Waals surface area contributed by atoms with Crippen LogP contribution < -0.4 is 15.4 Å². The second kappa shape index (κ2) is 7.03. The molecule has 2 aliphatic rings. The third kappa shape index (κ3) is 3.80. The van der Waals surface area contributed by atoms with E-state index in [4.69, 9.17) is 9.26 Å². The Hall–Kier alpha value is -2.87. The van der Waals surface area contributed by atoms with Crippen LogP contribution in [0.4, 0.5) is 5.82 Å². The first-order valence-electron chi connectivity index (χ1n) is 9.05. The molecule has 0 saturated carbocycles. The monoisotopic (exact) mass is 370 g/mol. The lowest BCUT2D eigenvalue weighted by Gasteiger charge is -2.41. The van der Waals surface area contributed by atoms with Crippen LogP contribution in [0.25, 0.3) is 0 Å². The zero-order valence-corrected chi connectivity index (χ0v) is 15.2. The van der Waals surface area contributed by atoms with E-state index in [0.717, 1.165) is 19.4 Å². The van der Waals surface area contributed by atoms with E-state index >= 15 is 0 Å². The maximum atomic E-state index is 12.3. The number of ether oxygens (including phenoxy) is 1. The summed E-state index contributed by atoms with van der Waals surface area (Å²) in [6, 6.07) is 8.94. The van der Waals surface area contributed by atoms with E-state index in [0.29, 0.717) is 36.0 Å². The Kier molecular flexibility index (Phi) is 4.57. The molecule has 2 amide bonds. The molecule has 0 unspecified atom stereocenters. The minimum atomic E-state index is -0.536. The highest BCUT2D eigenvalue weighted by Crippen LogP contribution is 2.31. The van der Waals surface area contributed by atoms with Crippen molar-refractivity contribution >= 4 is 17.6 Å². The van der Waals surface area contributed by atoms with Gasteiger partial charge in [-0.05, 0) is 38.4 Å². The molecule has 8 nitrogen and oxygen atoms in total. The maximum Gasteiger partial charge on any atom is 0.255 e. The van der Waals surface area contributed by atoms with Crippen molar-refractivity contribution in [1.29, 1.82) is 0 Å². The van der Waals surface area contributed by atoms with E-state index < -0.39 is 5.60 Å². The number of nitrogens with zero attached hydrogens (tertiary/aromatic N) is 2. The molecule has 3 heterocycles. The second-order valence-electron chi connectivity index (χ2n) is 7.15. The summed E-state index contributed by atoms with van der Waals surface area (Å²) in [5.41, 5.74) is 0.0105. The number of aromatic nitrogens is 1. The van der Waals surface area contributed by atoms with Gasteiger partial charge in [0.25, 0.3) is 5.91 Å². The quantitative estimate of drug-likeness (QED) is 0.852. The van der Waals surface area contributed by atoms with Crippen molar-refractivity contribution in [2.24, 2.45) is 0 Å². The second-order valence-corrected chi connectivity index (χ2v) is 7.15. The van der Waals surface area contributed by atoms with Crippen LogP contribution in [-0.2, 0) is 4.79 Å². The van der Waals surface area contributed by atoms with Gasteiger partial charge in [-0.2, -0.15) is 0 Å². The van der Waals surface area contributed by atoms with Crippen molar-refractivity contribution in [3.8, 4) is 5.75 Å². The lowest BCUT2D eigenvalue weighted by atomic mass is 9.92. The molecule has 1 spiro atoms. The Balaban J connectivity index is 1.44. The molecule has 8 heteroatoms. The maximum absolute atomic E-state index is 12.3. The van der Waals surface area contributed by atoms with Crippen molar-refractivity contribution in [3.05, 3.63) is 41.7 Å². The summed E-state index contributed by atoms with van der Waals surface area (Å²) in [4.78, 5) is 26.7. The molecule has 1 fully saturated rings. The number of fused-ring (bicyclic) bond motifs is 1. The number of rotatable bonds is 3. The van der Waals surface area contributed by atoms with Crippen LogP contribution in [0.15, 0.2) is 34.9 Å². The molecule has 27 heavy (non-hydrogen) atoms. The van der Waals surface area contributed by atoms with Crippen LogP contribution >= 0.6 is 0 Å². The first-order valence-corrected chi connectivity index (χ1v) is 9.05. The van der Waals surface area contributed by atoms with Crippen molar-refractivity contribution in [2.75, 3.05) is 31.5 Å². The molecular formula is C19H22N4O4. The van der Waals surface area contributed by atoms with E-state index in [2.05, 4.69) is 15.8 Å². The van der Waals surface area contributed by atoms with Gasteiger partial charge in [-0.1, -0.05) is 17.3 Å². The number of hydrogen-bond acceptors (Lipinski definition) is 6. The molecule has 0 bridgehead atoms. The lowest BCUT2D eigenvalue weighted by Crippen LogP contribution is -2.57. The number of aryl methyl sites for hydroxylation is 1. The van der Waals surface area contributed by atoms with Crippen LogP contribution in [0.5, 0.6) is 5.75 Å². The fourth-order valence-electron chi connectivity index (χ4n) is 3.71. The standard InChI is InChI=1S/C19H22N4O4/c1-13-9-16(22-27-13)21-17(24)10-23-8-4-7-19(12-23)11-20-18(25)14-5-2-3-6-15(14)26-19/h2-3,5-6,9H,4,7-8,10-12H2,1H3,(H,20,25)(H,21,22,24)/t19-/m1/s1. The van der Waals surface area contributed by atoms with Gasteiger partial charge < -0.3 is 19.9 Å². The SMILES string of the molecule is Cc1cc(NC(=O)CN2CCC[C@@]3(CNC(=O)c4ccccc4O3)C2)no1. The Morgan fingerprint density at radius 3 is 3.07 bits per heavy atom. The number of likely N-dealkylation sites (tertiary alicyclic amines) is 1. The van der Waals surface area contributed by atoms with Crippen LogP contribution in [-0.4, -0.2) is 53.7 Å². The molecule has 4 rings (SSSR count). The normalized spacial score (nSPS) is 22.5. The van der Waals surface area contributed by atoms with Gasteiger partial charge in [-0.3, -0.25) is 14.5 Å². The van der Waals surface area contributed by atoms with Gasteiger partial charge in [-0.25, -0.2) is 0 Å². The lowest BCUT2D eigenvalue weighted by molar-refractivity contribution is -0.118. The number of carbonyl (C=O) groups is 2. The number of amides is 2. The summed E-state index contributed by atoms with van der Waals surface area (Å²) < 4.78 is 11.3. The summed E-state index contributed by atoms with van der Waals surface area (Å²) in [7, 11) is 0. The topological polar surface area (TPSA) is 96.7 Å². The zero-order chi connectivity index (χ0) is 18.9. The van der Waals surface area contributed by atoms with E-state index in [1.807, 2.05) is 23.1 Å². The average molecular weight is 370 g/mol. The molecule has 2 N–H and O–H groups in total. The van der Waals surface area contributed by atoms with Gasteiger partial charge >= 0.3 is 0 Å².